The van der Waals surface area contributed by atoms with Crippen molar-refractivity contribution in [2.75, 3.05) is 0 Å². The smallest absolute Gasteiger partial charge is 0.241 e. The Morgan fingerprint density at radius 2 is 1.92 bits per heavy atom. The first kappa shape index (κ1) is 9.48. The van der Waals surface area contributed by atoms with E-state index in [-0.39, 0.29) is 6.10 Å². The van der Waals surface area contributed by atoms with Crippen molar-refractivity contribution < 1.29 is 4.43 Å². The minimum absolute atomic E-state index is 0.224. The maximum Gasteiger partial charge on any atom is 0.241 e. The Kier molecular flexibility index (Phi) is 3.06. The van der Waals surface area contributed by atoms with Gasteiger partial charge in [-0.2, -0.15) is 0 Å². The predicted molar refractivity (Wildman–Crippen MR) is 55.3 cm³/mol. The van der Waals surface area contributed by atoms with Crippen LogP contribution in [0.5, 0.6) is 0 Å². The fourth-order valence-electron chi connectivity index (χ4n) is 1.53. The SMILES string of the molecule is C=CC1CCC[Si](C=C)(C=C)O1. The molecule has 0 saturated carbocycles. The summed E-state index contributed by atoms with van der Waals surface area (Å²) < 4.78 is 5.91. The van der Waals surface area contributed by atoms with Gasteiger partial charge in [0.15, 0.2) is 0 Å². The molecule has 2 heteroatoms. The third kappa shape index (κ3) is 1.76. The summed E-state index contributed by atoms with van der Waals surface area (Å²) in [5, 5.41) is 0. The van der Waals surface area contributed by atoms with Gasteiger partial charge >= 0.3 is 0 Å². The van der Waals surface area contributed by atoms with E-state index < -0.39 is 8.32 Å². The molecule has 1 aliphatic heterocycles. The van der Waals surface area contributed by atoms with Gasteiger partial charge in [0.2, 0.25) is 8.32 Å². The second-order valence-electron chi connectivity index (χ2n) is 3.15. The summed E-state index contributed by atoms with van der Waals surface area (Å²) in [6.45, 7) is 11.4. The minimum atomic E-state index is -1.76. The monoisotopic (exact) mass is 180 g/mol. The first-order chi connectivity index (χ1) is 5.76. The molecule has 0 aliphatic carbocycles. The van der Waals surface area contributed by atoms with E-state index in [4.69, 9.17) is 4.43 Å². The second-order valence-corrected chi connectivity index (χ2v) is 6.61. The van der Waals surface area contributed by atoms with Crippen LogP contribution in [0.1, 0.15) is 12.8 Å². The molecular formula is C10H16OSi. The van der Waals surface area contributed by atoms with Gasteiger partial charge in [-0.15, -0.1) is 19.7 Å². The van der Waals surface area contributed by atoms with Gasteiger partial charge in [-0.25, -0.2) is 0 Å². The van der Waals surface area contributed by atoms with Crippen LogP contribution >= 0.6 is 0 Å². The van der Waals surface area contributed by atoms with E-state index in [1.807, 2.05) is 17.5 Å². The summed E-state index contributed by atoms with van der Waals surface area (Å²) in [5.74, 6) is 0. The zero-order valence-electron chi connectivity index (χ0n) is 7.46. The third-order valence-corrected chi connectivity index (χ3v) is 5.64. The Labute approximate surface area is 75.6 Å². The van der Waals surface area contributed by atoms with E-state index >= 15 is 0 Å². The standard InChI is InChI=1S/C10H16OSi/c1-4-10-8-7-9-12(5-2,6-3)11-10/h4-6,10H,1-3,7-9H2. The molecule has 0 amide bonds. The van der Waals surface area contributed by atoms with Gasteiger partial charge in [0, 0.05) is 0 Å². The van der Waals surface area contributed by atoms with E-state index in [1.54, 1.807) is 0 Å². The van der Waals surface area contributed by atoms with Crippen molar-refractivity contribution in [1.82, 2.24) is 0 Å². The minimum Gasteiger partial charge on any atom is -0.403 e. The molecule has 0 spiro atoms. The predicted octanol–water partition coefficient (Wildman–Crippen LogP) is 2.75. The summed E-state index contributed by atoms with van der Waals surface area (Å²) >= 11 is 0. The zero-order valence-corrected chi connectivity index (χ0v) is 8.46. The maximum atomic E-state index is 5.91. The lowest BCUT2D eigenvalue weighted by molar-refractivity contribution is 0.212. The molecule has 1 nitrogen and oxygen atoms in total. The van der Waals surface area contributed by atoms with Crippen LogP contribution in [0.15, 0.2) is 37.2 Å². The number of hydrogen-bond acceptors (Lipinski definition) is 1. The Balaban J connectivity index is 2.70. The molecule has 0 N–H and O–H groups in total. The summed E-state index contributed by atoms with van der Waals surface area (Å²) in [6, 6.07) is 1.13. The van der Waals surface area contributed by atoms with Crippen LogP contribution < -0.4 is 0 Å². The fourth-order valence-corrected chi connectivity index (χ4v) is 3.95. The zero-order chi connectivity index (χ0) is 9.03. The van der Waals surface area contributed by atoms with Crippen LogP contribution in [0.25, 0.3) is 0 Å². The molecule has 1 fully saturated rings. The van der Waals surface area contributed by atoms with Crippen molar-refractivity contribution >= 4 is 8.32 Å². The highest BCUT2D eigenvalue weighted by Gasteiger charge is 2.33. The molecule has 1 saturated heterocycles. The summed E-state index contributed by atoms with van der Waals surface area (Å²) in [4.78, 5) is 0. The van der Waals surface area contributed by atoms with Gasteiger partial charge in [0.05, 0.1) is 6.10 Å². The van der Waals surface area contributed by atoms with E-state index in [1.165, 1.54) is 6.42 Å². The highest BCUT2D eigenvalue weighted by Crippen LogP contribution is 2.27. The van der Waals surface area contributed by atoms with E-state index in [2.05, 4.69) is 19.7 Å². The van der Waals surface area contributed by atoms with E-state index in [0.29, 0.717) is 0 Å². The largest absolute Gasteiger partial charge is 0.403 e. The van der Waals surface area contributed by atoms with Crippen molar-refractivity contribution in [2.24, 2.45) is 0 Å². The molecule has 0 aromatic heterocycles. The van der Waals surface area contributed by atoms with Gasteiger partial charge in [-0.1, -0.05) is 23.9 Å². The lowest BCUT2D eigenvalue weighted by atomic mass is 10.2. The lowest BCUT2D eigenvalue weighted by Gasteiger charge is -2.33. The van der Waals surface area contributed by atoms with Crippen LogP contribution in [0, 0.1) is 0 Å². The van der Waals surface area contributed by atoms with Crippen molar-refractivity contribution in [3.63, 3.8) is 0 Å². The molecule has 12 heavy (non-hydrogen) atoms. The van der Waals surface area contributed by atoms with Crippen LogP contribution in [0.2, 0.25) is 6.04 Å². The molecule has 1 heterocycles. The topological polar surface area (TPSA) is 9.23 Å². The molecule has 1 rings (SSSR count). The first-order valence-electron chi connectivity index (χ1n) is 4.34. The Bertz CT molecular complexity index is 190. The normalized spacial score (nSPS) is 27.5. The molecule has 0 aromatic carbocycles. The average molecular weight is 180 g/mol. The highest BCUT2D eigenvalue weighted by molar-refractivity contribution is 6.83. The van der Waals surface area contributed by atoms with Crippen molar-refractivity contribution in [1.29, 1.82) is 0 Å². The highest BCUT2D eigenvalue weighted by atomic mass is 28.4. The van der Waals surface area contributed by atoms with Crippen LogP contribution in [0.4, 0.5) is 0 Å². The molecule has 1 unspecified atom stereocenters. The van der Waals surface area contributed by atoms with Crippen molar-refractivity contribution in [2.45, 2.75) is 25.0 Å². The van der Waals surface area contributed by atoms with Crippen LogP contribution in [-0.4, -0.2) is 14.4 Å². The van der Waals surface area contributed by atoms with Crippen molar-refractivity contribution in [3.05, 3.63) is 37.2 Å². The van der Waals surface area contributed by atoms with E-state index in [0.717, 1.165) is 12.5 Å². The third-order valence-electron chi connectivity index (χ3n) is 2.38. The second kappa shape index (κ2) is 3.87. The van der Waals surface area contributed by atoms with Crippen molar-refractivity contribution in [3.8, 4) is 0 Å². The molecule has 1 atom stereocenters. The number of hydrogen-bond donors (Lipinski definition) is 0. The fraction of sp³-hybridized carbons (Fsp3) is 0.400. The van der Waals surface area contributed by atoms with Gasteiger partial charge in [0.25, 0.3) is 0 Å². The summed E-state index contributed by atoms with van der Waals surface area (Å²) in [6.07, 6.45) is 4.41. The molecular weight excluding hydrogens is 164 g/mol. The van der Waals surface area contributed by atoms with E-state index in [9.17, 15) is 0 Å². The molecule has 1 aliphatic rings. The Hall–Kier alpha value is -0.603. The molecule has 0 bridgehead atoms. The lowest BCUT2D eigenvalue weighted by Crippen LogP contribution is -2.41. The molecule has 66 valence electrons. The first-order valence-corrected chi connectivity index (χ1v) is 6.61. The molecule has 0 aromatic rings. The van der Waals surface area contributed by atoms with Crippen LogP contribution in [-0.2, 0) is 4.43 Å². The van der Waals surface area contributed by atoms with Gasteiger partial charge in [0.1, 0.15) is 0 Å². The Morgan fingerprint density at radius 1 is 1.25 bits per heavy atom. The quantitative estimate of drug-likeness (QED) is 0.479. The van der Waals surface area contributed by atoms with Gasteiger partial charge in [-0.05, 0) is 12.5 Å². The van der Waals surface area contributed by atoms with Gasteiger partial charge in [-0.3, -0.25) is 0 Å². The summed E-state index contributed by atoms with van der Waals surface area (Å²) in [5.41, 5.74) is 3.94. The maximum absolute atomic E-state index is 5.91. The average Bonchev–Trinajstić information content (AvgIpc) is 2.18. The molecule has 0 radical (unpaired) electrons. The van der Waals surface area contributed by atoms with Crippen LogP contribution in [0.3, 0.4) is 0 Å². The summed E-state index contributed by atoms with van der Waals surface area (Å²) in [7, 11) is -1.76. The van der Waals surface area contributed by atoms with Gasteiger partial charge < -0.3 is 4.43 Å². The number of rotatable bonds is 3. The Morgan fingerprint density at radius 3 is 2.42 bits per heavy atom.